The minimum atomic E-state index is 0.581. The van der Waals surface area contributed by atoms with Gasteiger partial charge in [-0.05, 0) is 12.1 Å². The average Bonchev–Trinajstić information content (AvgIpc) is 2.48. The lowest BCUT2D eigenvalue weighted by Crippen LogP contribution is -1.91. The number of hydrogen-bond donors (Lipinski definition) is 0. The van der Waals surface area contributed by atoms with Crippen molar-refractivity contribution in [2.75, 3.05) is 14.2 Å². The highest BCUT2D eigenvalue weighted by atomic mass is 16.5. The zero-order valence-electron chi connectivity index (χ0n) is 12.7. The van der Waals surface area contributed by atoms with Crippen LogP contribution in [-0.4, -0.2) is 24.2 Å². The van der Waals surface area contributed by atoms with Crippen LogP contribution in [0.3, 0.4) is 0 Å². The van der Waals surface area contributed by atoms with E-state index < -0.39 is 0 Å². The number of benzene rings is 1. The molecular weight excluding hydrogens is 240 g/mol. The quantitative estimate of drug-likeness (QED) is 0.819. The summed E-state index contributed by atoms with van der Waals surface area (Å²) in [5, 5.41) is 0.885. The molecule has 0 fully saturated rings. The molecule has 0 saturated heterocycles. The van der Waals surface area contributed by atoms with Gasteiger partial charge >= 0.3 is 0 Å². The maximum atomic E-state index is 5.11. The molecule has 0 aliphatic rings. The molecule has 0 aliphatic carbocycles. The van der Waals surface area contributed by atoms with Crippen LogP contribution in [0.15, 0.2) is 24.5 Å². The zero-order chi connectivity index (χ0) is 14.7. The number of rotatable bonds is 2. The van der Waals surface area contributed by atoms with Crippen LogP contribution >= 0.6 is 0 Å². The third-order valence-corrected chi connectivity index (χ3v) is 2.00. The molecule has 1 aromatic carbocycles. The summed E-state index contributed by atoms with van der Waals surface area (Å²) < 4.78 is 10.2. The smallest absolute Gasteiger partial charge is 0.224 e. The summed E-state index contributed by atoms with van der Waals surface area (Å²) in [4.78, 5) is 8.13. The Labute approximate surface area is 115 Å². The average molecular weight is 264 g/mol. The summed E-state index contributed by atoms with van der Waals surface area (Å²) in [6, 6.07) is 5.58. The molecule has 0 bridgehead atoms. The lowest BCUT2D eigenvalue weighted by atomic mass is 10.2. The number of nitrogens with zero attached hydrogens (tertiary/aromatic N) is 2. The van der Waals surface area contributed by atoms with E-state index in [2.05, 4.69) is 23.8 Å². The summed E-state index contributed by atoms with van der Waals surface area (Å²) in [6.07, 6.45) is 2.72. The van der Waals surface area contributed by atoms with Gasteiger partial charge in [0, 0.05) is 6.07 Å². The molecule has 0 atom stereocenters. The molecule has 106 valence electrons. The Morgan fingerprint density at radius 2 is 1.63 bits per heavy atom. The monoisotopic (exact) mass is 264 g/mol. The van der Waals surface area contributed by atoms with Gasteiger partial charge in [0.25, 0.3) is 0 Å². The number of methoxy groups -OCH3 is 2. The van der Waals surface area contributed by atoms with Crippen molar-refractivity contribution in [2.45, 2.75) is 34.1 Å². The Kier molecular flexibility index (Phi) is 9.14. The molecule has 0 radical (unpaired) electrons. The predicted octanol–water partition coefficient (Wildman–Crippen LogP) is 4.09. The molecule has 1 heterocycles. The SMILES string of the molecule is CC.CCC.COc1ccc2c(OC)ncnc2c1. The lowest BCUT2D eigenvalue weighted by molar-refractivity contribution is 0.402. The Hall–Kier alpha value is -1.84. The van der Waals surface area contributed by atoms with E-state index in [4.69, 9.17) is 9.47 Å². The van der Waals surface area contributed by atoms with Gasteiger partial charge in [-0.3, -0.25) is 0 Å². The van der Waals surface area contributed by atoms with Crippen molar-refractivity contribution in [3.05, 3.63) is 24.5 Å². The molecule has 0 N–H and O–H groups in total. The predicted molar refractivity (Wildman–Crippen MR) is 80.0 cm³/mol. The minimum absolute atomic E-state index is 0.581. The molecule has 19 heavy (non-hydrogen) atoms. The van der Waals surface area contributed by atoms with E-state index in [1.807, 2.05) is 32.0 Å². The standard InChI is InChI=1S/C10H10N2O2.C3H8.C2H6/c1-13-7-3-4-8-9(5-7)11-6-12-10(8)14-2;1-3-2;1-2/h3-6H,1-2H3;3H2,1-2H3;1-2H3. The van der Waals surface area contributed by atoms with Gasteiger partial charge in [0.15, 0.2) is 0 Å². The van der Waals surface area contributed by atoms with Gasteiger partial charge < -0.3 is 9.47 Å². The van der Waals surface area contributed by atoms with Crippen molar-refractivity contribution in [3.63, 3.8) is 0 Å². The maximum Gasteiger partial charge on any atom is 0.224 e. The summed E-state index contributed by atoms with van der Waals surface area (Å²) >= 11 is 0. The second-order valence-corrected chi connectivity index (χ2v) is 3.47. The first-order chi connectivity index (χ1) is 9.26. The van der Waals surface area contributed by atoms with Crippen molar-refractivity contribution in [3.8, 4) is 11.6 Å². The van der Waals surface area contributed by atoms with E-state index in [-0.39, 0.29) is 0 Å². The Balaban J connectivity index is 0.000000573. The maximum absolute atomic E-state index is 5.11. The van der Waals surface area contributed by atoms with Crippen LogP contribution in [0, 0.1) is 0 Å². The topological polar surface area (TPSA) is 44.2 Å². The lowest BCUT2D eigenvalue weighted by Gasteiger charge is -2.04. The Bertz CT molecular complexity index is 473. The van der Waals surface area contributed by atoms with Gasteiger partial charge in [-0.15, -0.1) is 0 Å². The molecule has 0 saturated carbocycles. The molecular formula is C15H24N2O2. The molecule has 4 heteroatoms. The van der Waals surface area contributed by atoms with Crippen LogP contribution in [0.4, 0.5) is 0 Å². The van der Waals surface area contributed by atoms with E-state index in [9.17, 15) is 0 Å². The van der Waals surface area contributed by atoms with Crippen LogP contribution in [0.2, 0.25) is 0 Å². The van der Waals surface area contributed by atoms with Gasteiger partial charge in [0.2, 0.25) is 5.88 Å². The van der Waals surface area contributed by atoms with Gasteiger partial charge in [-0.25, -0.2) is 9.97 Å². The first-order valence-corrected chi connectivity index (χ1v) is 6.59. The second-order valence-electron chi connectivity index (χ2n) is 3.47. The first-order valence-electron chi connectivity index (χ1n) is 6.59. The molecule has 4 nitrogen and oxygen atoms in total. The highest BCUT2D eigenvalue weighted by molar-refractivity contribution is 5.84. The summed E-state index contributed by atoms with van der Waals surface area (Å²) in [7, 11) is 3.21. The Morgan fingerprint density at radius 1 is 1.00 bits per heavy atom. The van der Waals surface area contributed by atoms with E-state index in [0.29, 0.717) is 5.88 Å². The van der Waals surface area contributed by atoms with Crippen LogP contribution in [0.25, 0.3) is 10.9 Å². The third kappa shape index (κ3) is 5.12. The van der Waals surface area contributed by atoms with Gasteiger partial charge in [0.1, 0.15) is 12.1 Å². The molecule has 2 rings (SSSR count). The van der Waals surface area contributed by atoms with Gasteiger partial charge in [0.05, 0.1) is 25.1 Å². The first kappa shape index (κ1) is 17.2. The van der Waals surface area contributed by atoms with Crippen molar-refractivity contribution in [1.29, 1.82) is 0 Å². The van der Waals surface area contributed by atoms with Crippen molar-refractivity contribution < 1.29 is 9.47 Å². The third-order valence-electron chi connectivity index (χ3n) is 2.00. The Morgan fingerprint density at radius 3 is 2.16 bits per heavy atom. The fourth-order valence-electron chi connectivity index (χ4n) is 1.30. The number of ether oxygens (including phenoxy) is 2. The number of fused-ring (bicyclic) bond motifs is 1. The van der Waals surface area contributed by atoms with Crippen molar-refractivity contribution in [2.24, 2.45) is 0 Å². The largest absolute Gasteiger partial charge is 0.497 e. The van der Waals surface area contributed by atoms with Crippen LogP contribution in [0.1, 0.15) is 34.1 Å². The second kappa shape index (κ2) is 10.1. The van der Waals surface area contributed by atoms with Gasteiger partial charge in [-0.1, -0.05) is 34.1 Å². The molecule has 2 aromatic rings. The molecule has 0 amide bonds. The highest BCUT2D eigenvalue weighted by Crippen LogP contribution is 2.24. The molecule has 0 unspecified atom stereocenters. The van der Waals surface area contributed by atoms with Crippen molar-refractivity contribution in [1.82, 2.24) is 9.97 Å². The van der Waals surface area contributed by atoms with Crippen LogP contribution in [0.5, 0.6) is 11.6 Å². The van der Waals surface area contributed by atoms with Gasteiger partial charge in [-0.2, -0.15) is 0 Å². The molecule has 1 aromatic heterocycles. The fraction of sp³-hybridized carbons (Fsp3) is 0.467. The summed E-state index contributed by atoms with van der Waals surface area (Å²) in [5.74, 6) is 1.36. The van der Waals surface area contributed by atoms with E-state index in [1.54, 1.807) is 14.2 Å². The van der Waals surface area contributed by atoms with Crippen LogP contribution in [-0.2, 0) is 0 Å². The summed E-state index contributed by atoms with van der Waals surface area (Å²) in [6.45, 7) is 8.25. The fourth-order valence-corrected chi connectivity index (χ4v) is 1.30. The zero-order valence-corrected chi connectivity index (χ0v) is 12.7. The van der Waals surface area contributed by atoms with Crippen LogP contribution < -0.4 is 9.47 Å². The number of hydrogen-bond acceptors (Lipinski definition) is 4. The normalized spacial score (nSPS) is 8.74. The molecule has 0 aliphatic heterocycles. The molecule has 0 spiro atoms. The number of aromatic nitrogens is 2. The van der Waals surface area contributed by atoms with E-state index >= 15 is 0 Å². The minimum Gasteiger partial charge on any atom is -0.497 e. The highest BCUT2D eigenvalue weighted by Gasteiger charge is 2.03. The summed E-state index contributed by atoms with van der Waals surface area (Å²) in [5.41, 5.74) is 0.816. The van der Waals surface area contributed by atoms with E-state index in [1.165, 1.54) is 12.7 Å². The van der Waals surface area contributed by atoms with Crippen molar-refractivity contribution >= 4 is 10.9 Å². The van der Waals surface area contributed by atoms with E-state index in [0.717, 1.165) is 16.7 Å².